The first kappa shape index (κ1) is 34.5. The van der Waals surface area contributed by atoms with Gasteiger partial charge in [0.2, 0.25) is 0 Å². The monoisotopic (exact) mass is 598 g/mol. The Morgan fingerprint density at radius 3 is 2.16 bits per heavy atom. The number of halogens is 3. The Morgan fingerprint density at radius 1 is 0.721 bits per heavy atom. The minimum atomic E-state index is -4.23. The van der Waals surface area contributed by atoms with Crippen LogP contribution in [0.5, 0.6) is 5.75 Å². The van der Waals surface area contributed by atoms with Gasteiger partial charge in [0, 0.05) is 0 Å². The molecule has 3 nitrogen and oxygen atoms in total. The molecule has 3 rings (SSSR count). The topological polar surface area (TPSA) is 35.5 Å². The van der Waals surface area contributed by atoms with Gasteiger partial charge >= 0.3 is 12.1 Å². The minimum Gasteiger partial charge on any atom is -0.494 e. The predicted octanol–water partition coefficient (Wildman–Crippen LogP) is 11.1. The summed E-state index contributed by atoms with van der Waals surface area (Å²) in [5.74, 6) is -1.26. The van der Waals surface area contributed by atoms with Crippen LogP contribution in [0.4, 0.5) is 13.2 Å². The molecular weight excluding hydrogens is 549 g/mol. The van der Waals surface area contributed by atoms with Crippen molar-refractivity contribution in [3.05, 3.63) is 77.4 Å². The van der Waals surface area contributed by atoms with E-state index in [-0.39, 0.29) is 25.9 Å². The fourth-order valence-corrected chi connectivity index (χ4v) is 5.65. The predicted molar refractivity (Wildman–Crippen MR) is 170 cm³/mol. The average molecular weight is 599 g/mol. The number of carbonyl (C=O) groups excluding carboxylic acids is 1. The van der Waals surface area contributed by atoms with Gasteiger partial charge in [-0.2, -0.15) is 13.2 Å². The second-order valence-electron chi connectivity index (χ2n) is 11.6. The van der Waals surface area contributed by atoms with Crippen LogP contribution in [0.2, 0.25) is 0 Å². The number of aryl methyl sites for hydroxylation is 2. The van der Waals surface area contributed by atoms with Gasteiger partial charge in [-0.05, 0) is 72.6 Å². The van der Waals surface area contributed by atoms with E-state index < -0.39 is 18.1 Å². The number of fused-ring (bicyclic) bond motifs is 1. The highest BCUT2D eigenvalue weighted by molar-refractivity contribution is 5.91. The largest absolute Gasteiger partial charge is 0.494 e. The third-order valence-electron chi connectivity index (χ3n) is 8.14. The van der Waals surface area contributed by atoms with Crippen molar-refractivity contribution >= 4 is 16.7 Å². The molecular formula is C37H49F3O3. The van der Waals surface area contributed by atoms with Gasteiger partial charge in [0.25, 0.3) is 0 Å². The summed E-state index contributed by atoms with van der Waals surface area (Å²) < 4.78 is 51.4. The first-order valence-electron chi connectivity index (χ1n) is 16.3. The third-order valence-corrected chi connectivity index (χ3v) is 8.14. The Hall–Kier alpha value is -3.02. The highest BCUT2D eigenvalue weighted by atomic mass is 19.4. The third kappa shape index (κ3) is 11.9. The Labute approximate surface area is 256 Å². The fourth-order valence-electron chi connectivity index (χ4n) is 5.65. The zero-order valence-electron chi connectivity index (χ0n) is 26.0. The van der Waals surface area contributed by atoms with Crippen molar-refractivity contribution < 1.29 is 27.4 Å². The first-order valence-corrected chi connectivity index (χ1v) is 16.3. The summed E-state index contributed by atoms with van der Waals surface area (Å²) in [5, 5.41) is 2.36. The van der Waals surface area contributed by atoms with Gasteiger partial charge in [-0.3, -0.25) is 0 Å². The number of esters is 1. The van der Waals surface area contributed by atoms with Crippen molar-refractivity contribution in [3.8, 4) is 5.75 Å². The van der Waals surface area contributed by atoms with Crippen LogP contribution in [-0.4, -0.2) is 25.4 Å². The summed E-state index contributed by atoms with van der Waals surface area (Å²) in [5.41, 5.74) is 2.47. The van der Waals surface area contributed by atoms with Gasteiger partial charge < -0.3 is 9.47 Å². The Kier molecular flexibility index (Phi) is 14.9. The molecule has 1 atom stereocenters. The summed E-state index contributed by atoms with van der Waals surface area (Å²) >= 11 is 0. The molecule has 0 aromatic heterocycles. The van der Waals surface area contributed by atoms with E-state index in [0.717, 1.165) is 24.8 Å². The number of rotatable bonds is 20. The molecule has 0 bridgehead atoms. The Morgan fingerprint density at radius 2 is 1.42 bits per heavy atom. The molecule has 0 saturated heterocycles. The van der Waals surface area contributed by atoms with Crippen molar-refractivity contribution in [1.82, 2.24) is 0 Å². The molecule has 3 aromatic carbocycles. The van der Waals surface area contributed by atoms with Gasteiger partial charge in [0.15, 0.2) is 0 Å². The van der Waals surface area contributed by atoms with Crippen molar-refractivity contribution in [1.29, 1.82) is 0 Å². The van der Waals surface area contributed by atoms with Crippen molar-refractivity contribution in [3.63, 3.8) is 0 Å². The minimum absolute atomic E-state index is 0.0404. The van der Waals surface area contributed by atoms with Gasteiger partial charge in [-0.25, -0.2) is 4.79 Å². The lowest BCUT2D eigenvalue weighted by Gasteiger charge is -2.19. The summed E-state index contributed by atoms with van der Waals surface area (Å²) in [6.45, 7) is 4.51. The van der Waals surface area contributed by atoms with E-state index in [1.165, 1.54) is 54.9 Å². The van der Waals surface area contributed by atoms with Crippen LogP contribution in [0, 0.1) is 5.92 Å². The molecule has 0 heterocycles. The normalized spacial score (nSPS) is 12.4. The number of benzene rings is 3. The Bertz CT molecular complexity index is 1230. The average Bonchev–Trinajstić information content (AvgIpc) is 3.00. The van der Waals surface area contributed by atoms with Crippen molar-refractivity contribution in [2.45, 2.75) is 110 Å². The van der Waals surface area contributed by atoms with Gasteiger partial charge in [-0.1, -0.05) is 114 Å². The summed E-state index contributed by atoms with van der Waals surface area (Å²) in [6, 6.07) is 20.0. The maximum atomic E-state index is 13.3. The summed E-state index contributed by atoms with van der Waals surface area (Å²) in [4.78, 5) is 13.2. The molecule has 0 spiro atoms. The zero-order valence-corrected chi connectivity index (χ0v) is 26.0. The maximum absolute atomic E-state index is 13.3. The van der Waals surface area contributed by atoms with Crippen molar-refractivity contribution in [2.75, 3.05) is 13.2 Å². The molecule has 0 aliphatic carbocycles. The maximum Gasteiger partial charge on any atom is 0.391 e. The molecule has 0 radical (unpaired) electrons. The highest BCUT2D eigenvalue weighted by Crippen LogP contribution is 2.33. The van der Waals surface area contributed by atoms with Crippen molar-refractivity contribution in [2.24, 2.45) is 5.92 Å². The van der Waals surface area contributed by atoms with Crippen LogP contribution >= 0.6 is 0 Å². The van der Waals surface area contributed by atoms with Crippen LogP contribution in [-0.2, 0) is 17.6 Å². The molecule has 0 fully saturated rings. The summed E-state index contributed by atoms with van der Waals surface area (Å²) in [6.07, 6.45) is 7.51. The van der Waals surface area contributed by atoms with Gasteiger partial charge in [-0.15, -0.1) is 0 Å². The molecule has 43 heavy (non-hydrogen) atoms. The Balaban J connectivity index is 1.62. The van der Waals surface area contributed by atoms with E-state index in [4.69, 9.17) is 9.47 Å². The molecule has 6 heteroatoms. The smallest absolute Gasteiger partial charge is 0.391 e. The van der Waals surface area contributed by atoms with E-state index in [2.05, 4.69) is 31.2 Å². The number of carbonyl (C=O) groups is 1. The van der Waals surface area contributed by atoms with E-state index in [1.807, 2.05) is 30.3 Å². The molecule has 1 unspecified atom stereocenters. The van der Waals surface area contributed by atoms with E-state index in [1.54, 1.807) is 13.0 Å². The zero-order chi connectivity index (χ0) is 30.9. The van der Waals surface area contributed by atoms with E-state index in [9.17, 15) is 18.0 Å². The number of hydrogen-bond acceptors (Lipinski definition) is 3. The lowest BCUT2D eigenvalue weighted by Crippen LogP contribution is -2.23. The molecule has 0 aliphatic rings. The molecule has 3 aromatic rings. The number of hydrogen-bond donors (Lipinski definition) is 0. The molecule has 0 N–H and O–H groups in total. The first-order chi connectivity index (χ1) is 20.8. The quantitative estimate of drug-likeness (QED) is 0.0959. The number of ether oxygens (including phenoxy) is 2. The van der Waals surface area contributed by atoms with Crippen LogP contribution in [0.1, 0.15) is 112 Å². The molecule has 0 aliphatic heterocycles. The second-order valence-corrected chi connectivity index (χ2v) is 11.6. The fraction of sp³-hybridized carbons (Fsp3) is 0.541. The van der Waals surface area contributed by atoms with Gasteiger partial charge in [0.05, 0.1) is 24.7 Å². The highest BCUT2D eigenvalue weighted by Gasteiger charge is 2.38. The summed E-state index contributed by atoms with van der Waals surface area (Å²) in [7, 11) is 0. The SMILES string of the molecule is CCCCCCCCCCOc1ccc(CCc2cccc3ccccc23)c(C(=O)OCCCC(CCC)C(F)(F)F)c1. The second kappa shape index (κ2) is 18.6. The lowest BCUT2D eigenvalue weighted by molar-refractivity contribution is -0.178. The van der Waals surface area contributed by atoms with Crippen LogP contribution < -0.4 is 4.74 Å². The van der Waals surface area contributed by atoms with E-state index in [0.29, 0.717) is 30.8 Å². The van der Waals surface area contributed by atoms with Crippen LogP contribution in [0.25, 0.3) is 10.8 Å². The standard InChI is InChI=1S/C37H49F3O3/c1-3-5-6-7-8-9-10-13-26-42-33-25-24-31(23-22-30-19-14-18-29-17-11-12-21-34(29)30)35(28-33)36(41)43-27-15-20-32(16-4-2)37(38,39)40/h11-12,14,17-19,21,24-25,28,32H,3-10,13,15-16,20,22-23,26-27H2,1-2H3. The molecule has 0 saturated carbocycles. The molecule has 0 amide bonds. The van der Waals surface area contributed by atoms with Crippen LogP contribution in [0.3, 0.4) is 0 Å². The lowest BCUT2D eigenvalue weighted by atomic mass is 9.96. The molecule has 236 valence electrons. The van der Waals surface area contributed by atoms with Gasteiger partial charge in [0.1, 0.15) is 5.75 Å². The number of unbranched alkanes of at least 4 members (excludes halogenated alkanes) is 7. The number of alkyl halides is 3. The van der Waals surface area contributed by atoms with Crippen LogP contribution in [0.15, 0.2) is 60.7 Å². The van der Waals surface area contributed by atoms with E-state index >= 15 is 0 Å².